The van der Waals surface area contributed by atoms with Crippen LogP contribution in [0, 0.1) is 0 Å². The van der Waals surface area contributed by atoms with Gasteiger partial charge in [0, 0.05) is 17.3 Å². The summed E-state index contributed by atoms with van der Waals surface area (Å²) in [5.74, 6) is -0.371. The lowest BCUT2D eigenvalue weighted by Crippen LogP contribution is -2.43. The van der Waals surface area contributed by atoms with Crippen molar-refractivity contribution >= 4 is 23.8 Å². The number of hydrogen-bond acceptors (Lipinski definition) is 3. The summed E-state index contributed by atoms with van der Waals surface area (Å²) >= 11 is 0. The van der Waals surface area contributed by atoms with Gasteiger partial charge in [0.15, 0.2) is 0 Å². The van der Waals surface area contributed by atoms with Crippen molar-refractivity contribution < 1.29 is 14.3 Å². The van der Waals surface area contributed by atoms with Gasteiger partial charge in [0.2, 0.25) is 0 Å². The fourth-order valence-corrected chi connectivity index (χ4v) is 1.54. The molecule has 0 spiro atoms. The number of amides is 2. The van der Waals surface area contributed by atoms with E-state index in [1.807, 2.05) is 32.9 Å². The highest BCUT2D eigenvalue weighted by Crippen LogP contribution is 2.11. The first-order valence-corrected chi connectivity index (χ1v) is 6.84. The molecule has 2 amide bonds. The lowest BCUT2D eigenvalue weighted by atomic mass is 10.1. The lowest BCUT2D eigenvalue weighted by Gasteiger charge is -2.20. The van der Waals surface area contributed by atoms with Gasteiger partial charge in [-0.1, -0.05) is 12.1 Å². The first-order chi connectivity index (χ1) is 9.80. The van der Waals surface area contributed by atoms with E-state index in [0.29, 0.717) is 12.3 Å². The Morgan fingerprint density at radius 2 is 1.81 bits per heavy atom. The van der Waals surface area contributed by atoms with E-state index in [1.165, 1.54) is 6.08 Å². The lowest BCUT2D eigenvalue weighted by molar-refractivity contribution is -0.137. The molecular weight excluding hydrogens is 268 g/mol. The van der Waals surface area contributed by atoms with E-state index in [2.05, 4.69) is 10.6 Å². The molecule has 1 rings (SSSR count). The van der Waals surface area contributed by atoms with Crippen molar-refractivity contribution in [1.29, 1.82) is 0 Å². The molecule has 0 heterocycles. The Morgan fingerprint density at radius 3 is 2.33 bits per heavy atom. The normalized spacial score (nSPS) is 11.2. The molecule has 0 aliphatic heterocycles. The van der Waals surface area contributed by atoms with Crippen molar-refractivity contribution in [3.63, 3.8) is 0 Å². The molecule has 5 heteroatoms. The maximum atomic E-state index is 11.7. The third-order valence-electron chi connectivity index (χ3n) is 2.36. The number of benzene rings is 1. The van der Waals surface area contributed by atoms with Gasteiger partial charge in [0.1, 0.15) is 0 Å². The van der Waals surface area contributed by atoms with Gasteiger partial charge in [-0.15, -0.1) is 0 Å². The van der Waals surface area contributed by atoms with Crippen LogP contribution in [-0.2, 0) is 9.53 Å². The van der Waals surface area contributed by atoms with Gasteiger partial charge in [0.05, 0.1) is 6.61 Å². The summed E-state index contributed by atoms with van der Waals surface area (Å²) in [7, 11) is 0. The van der Waals surface area contributed by atoms with Gasteiger partial charge in [0.25, 0.3) is 0 Å². The second-order valence-corrected chi connectivity index (χ2v) is 5.54. The molecule has 2 N–H and O–H groups in total. The van der Waals surface area contributed by atoms with Crippen molar-refractivity contribution in [2.24, 2.45) is 0 Å². The van der Waals surface area contributed by atoms with Crippen molar-refractivity contribution in [2.75, 3.05) is 11.9 Å². The molecular formula is C16H22N2O3. The van der Waals surface area contributed by atoms with Crippen LogP contribution in [-0.4, -0.2) is 24.1 Å². The minimum absolute atomic E-state index is 0.252. The predicted molar refractivity (Wildman–Crippen MR) is 84.0 cm³/mol. The Labute approximate surface area is 125 Å². The van der Waals surface area contributed by atoms with Crippen molar-refractivity contribution in [2.45, 2.75) is 33.2 Å². The molecule has 5 nitrogen and oxygen atoms in total. The predicted octanol–water partition coefficient (Wildman–Crippen LogP) is 3.18. The highest BCUT2D eigenvalue weighted by molar-refractivity contribution is 5.90. The average molecular weight is 290 g/mol. The number of hydrogen-bond donors (Lipinski definition) is 2. The Bertz CT molecular complexity index is 513. The number of urea groups is 1. The van der Waals surface area contributed by atoms with E-state index in [4.69, 9.17) is 4.74 Å². The fourth-order valence-electron chi connectivity index (χ4n) is 1.54. The van der Waals surface area contributed by atoms with E-state index in [1.54, 1.807) is 25.1 Å². The zero-order valence-electron chi connectivity index (χ0n) is 12.9. The number of carbonyl (C=O) groups excluding carboxylic acids is 2. The minimum Gasteiger partial charge on any atom is -0.463 e. The van der Waals surface area contributed by atoms with Crippen LogP contribution < -0.4 is 10.6 Å². The summed E-state index contributed by atoms with van der Waals surface area (Å²) in [4.78, 5) is 22.9. The Kier molecular flexibility index (Phi) is 5.96. The molecule has 0 aliphatic carbocycles. The summed E-state index contributed by atoms with van der Waals surface area (Å²) in [6.45, 7) is 7.85. The molecule has 0 saturated carbocycles. The van der Waals surface area contributed by atoms with Crippen molar-refractivity contribution in [1.82, 2.24) is 5.32 Å². The first kappa shape index (κ1) is 16.8. The number of nitrogens with one attached hydrogen (secondary N) is 2. The largest absolute Gasteiger partial charge is 0.463 e. The van der Waals surface area contributed by atoms with E-state index in [0.717, 1.165) is 5.56 Å². The molecule has 0 unspecified atom stereocenters. The van der Waals surface area contributed by atoms with E-state index < -0.39 is 0 Å². The molecule has 0 saturated heterocycles. The quantitative estimate of drug-likeness (QED) is 0.661. The minimum atomic E-state index is -0.371. The van der Waals surface area contributed by atoms with Gasteiger partial charge in [-0.2, -0.15) is 0 Å². The van der Waals surface area contributed by atoms with Crippen LogP contribution >= 0.6 is 0 Å². The maximum absolute atomic E-state index is 11.7. The summed E-state index contributed by atoms with van der Waals surface area (Å²) in [5.41, 5.74) is 1.25. The average Bonchev–Trinajstić information content (AvgIpc) is 2.36. The second-order valence-electron chi connectivity index (χ2n) is 5.54. The molecule has 0 fully saturated rings. The molecule has 1 aromatic carbocycles. The molecule has 0 aromatic heterocycles. The summed E-state index contributed by atoms with van der Waals surface area (Å²) in [6.07, 6.45) is 3.04. The van der Waals surface area contributed by atoms with Crippen LogP contribution in [0.3, 0.4) is 0 Å². The van der Waals surface area contributed by atoms with Gasteiger partial charge in [-0.3, -0.25) is 0 Å². The van der Waals surface area contributed by atoms with E-state index in [9.17, 15) is 9.59 Å². The number of esters is 1. The highest BCUT2D eigenvalue weighted by atomic mass is 16.5. The van der Waals surface area contributed by atoms with Gasteiger partial charge >= 0.3 is 12.0 Å². The van der Waals surface area contributed by atoms with E-state index >= 15 is 0 Å². The SMILES string of the molecule is CCOC(=O)/C=C/c1ccc(NC(=O)NC(C)(C)C)cc1. The fraction of sp³-hybridized carbons (Fsp3) is 0.375. The van der Waals surface area contributed by atoms with Crippen LogP contribution in [0.4, 0.5) is 10.5 Å². The summed E-state index contributed by atoms with van der Waals surface area (Å²) < 4.78 is 4.80. The molecule has 21 heavy (non-hydrogen) atoms. The molecule has 0 atom stereocenters. The van der Waals surface area contributed by atoms with Gasteiger partial charge < -0.3 is 15.4 Å². The monoisotopic (exact) mass is 290 g/mol. The molecule has 1 aromatic rings. The summed E-state index contributed by atoms with van der Waals surface area (Å²) in [5, 5.41) is 5.56. The van der Waals surface area contributed by atoms with Crippen molar-refractivity contribution in [3.8, 4) is 0 Å². The number of ether oxygens (including phenoxy) is 1. The first-order valence-electron chi connectivity index (χ1n) is 6.84. The topological polar surface area (TPSA) is 67.4 Å². The van der Waals surface area contributed by atoms with Crippen LogP contribution in [0.5, 0.6) is 0 Å². The summed E-state index contributed by atoms with van der Waals surface area (Å²) in [6, 6.07) is 6.91. The maximum Gasteiger partial charge on any atom is 0.330 e. The Hall–Kier alpha value is -2.30. The Balaban J connectivity index is 2.58. The Morgan fingerprint density at radius 1 is 1.19 bits per heavy atom. The number of rotatable bonds is 4. The van der Waals surface area contributed by atoms with Crippen LogP contribution in [0.1, 0.15) is 33.3 Å². The molecule has 0 radical (unpaired) electrons. The zero-order valence-corrected chi connectivity index (χ0v) is 12.9. The number of carbonyl (C=O) groups is 2. The molecule has 0 aliphatic rings. The van der Waals surface area contributed by atoms with Crippen LogP contribution in [0.2, 0.25) is 0 Å². The third kappa shape index (κ3) is 7.15. The molecule has 0 bridgehead atoms. The van der Waals surface area contributed by atoms with Gasteiger partial charge in [-0.25, -0.2) is 9.59 Å². The standard InChI is InChI=1S/C16H22N2O3/c1-5-21-14(19)11-8-12-6-9-13(10-7-12)17-15(20)18-16(2,3)4/h6-11H,5H2,1-4H3,(H2,17,18,20)/b11-8+. The highest BCUT2D eigenvalue weighted by Gasteiger charge is 2.13. The van der Waals surface area contributed by atoms with Crippen LogP contribution in [0.25, 0.3) is 6.08 Å². The van der Waals surface area contributed by atoms with Gasteiger partial charge in [-0.05, 0) is 51.5 Å². The molecule has 114 valence electrons. The second kappa shape index (κ2) is 7.47. The third-order valence-corrected chi connectivity index (χ3v) is 2.36. The number of anilines is 1. The zero-order chi connectivity index (χ0) is 15.9. The van der Waals surface area contributed by atoms with E-state index in [-0.39, 0.29) is 17.5 Å². The van der Waals surface area contributed by atoms with Crippen molar-refractivity contribution in [3.05, 3.63) is 35.9 Å². The van der Waals surface area contributed by atoms with Crippen LogP contribution in [0.15, 0.2) is 30.3 Å². The smallest absolute Gasteiger partial charge is 0.330 e.